The molecule has 0 amide bonds. The van der Waals surface area contributed by atoms with Crippen LogP contribution in [0.1, 0.15) is 18.7 Å². The van der Waals surface area contributed by atoms with Gasteiger partial charge in [0, 0.05) is 26.2 Å². The van der Waals surface area contributed by atoms with E-state index in [1.165, 1.54) is 6.33 Å². The number of aromatic nitrogens is 2. The summed E-state index contributed by atoms with van der Waals surface area (Å²) < 4.78 is 10.4. The summed E-state index contributed by atoms with van der Waals surface area (Å²) in [4.78, 5) is 6.31. The first-order valence-electron chi connectivity index (χ1n) is 5.56. The molecule has 2 rings (SSSR count). The molecule has 2 atom stereocenters. The van der Waals surface area contributed by atoms with E-state index >= 15 is 0 Å². The smallest absolute Gasteiger partial charge is 0.240 e. The average molecular weight is 226 g/mol. The summed E-state index contributed by atoms with van der Waals surface area (Å²) in [5.41, 5.74) is 5.78. The molecule has 2 unspecified atom stereocenters. The number of piperidine rings is 1. The van der Waals surface area contributed by atoms with Crippen LogP contribution in [0.15, 0.2) is 10.9 Å². The normalized spacial score (nSPS) is 27.1. The van der Waals surface area contributed by atoms with Crippen LogP contribution in [-0.4, -0.2) is 47.4 Å². The number of ether oxygens (including phenoxy) is 1. The number of nitrogens with zero attached hydrogens (tertiary/aromatic N) is 3. The van der Waals surface area contributed by atoms with E-state index in [9.17, 15) is 0 Å². The minimum absolute atomic E-state index is 0.326. The topological polar surface area (TPSA) is 77.4 Å². The van der Waals surface area contributed by atoms with Crippen LogP contribution in [0.25, 0.3) is 0 Å². The Morgan fingerprint density at radius 3 is 3.19 bits per heavy atom. The molecule has 1 saturated heterocycles. The van der Waals surface area contributed by atoms with E-state index in [4.69, 9.17) is 15.0 Å². The molecule has 0 aliphatic carbocycles. The fourth-order valence-electron chi connectivity index (χ4n) is 2.17. The molecule has 0 spiro atoms. The molecule has 6 nitrogen and oxygen atoms in total. The van der Waals surface area contributed by atoms with E-state index in [-0.39, 0.29) is 0 Å². The van der Waals surface area contributed by atoms with Gasteiger partial charge in [-0.05, 0) is 12.8 Å². The first-order chi connectivity index (χ1) is 7.83. The SMILES string of the molecule is COC1CCN(Cc2ncno2)C(CN)C1. The first-order valence-corrected chi connectivity index (χ1v) is 5.56. The molecule has 0 bridgehead atoms. The van der Waals surface area contributed by atoms with Crippen molar-refractivity contribution in [1.82, 2.24) is 15.0 Å². The number of rotatable bonds is 4. The molecule has 16 heavy (non-hydrogen) atoms. The highest BCUT2D eigenvalue weighted by atomic mass is 16.5. The van der Waals surface area contributed by atoms with Crippen LogP contribution in [0.3, 0.4) is 0 Å². The van der Waals surface area contributed by atoms with Gasteiger partial charge in [0.05, 0.1) is 12.6 Å². The molecule has 0 saturated carbocycles. The Hall–Kier alpha value is -0.980. The molecule has 1 aromatic rings. The van der Waals surface area contributed by atoms with Crippen LogP contribution in [0.4, 0.5) is 0 Å². The maximum atomic E-state index is 5.78. The molecule has 0 radical (unpaired) electrons. The highest BCUT2D eigenvalue weighted by Gasteiger charge is 2.28. The molecule has 6 heteroatoms. The molecule has 2 heterocycles. The second-order valence-corrected chi connectivity index (χ2v) is 4.08. The van der Waals surface area contributed by atoms with Gasteiger partial charge in [-0.2, -0.15) is 4.98 Å². The summed E-state index contributed by atoms with van der Waals surface area (Å²) in [7, 11) is 1.76. The molecule has 1 aliphatic rings. The third-order valence-corrected chi connectivity index (χ3v) is 3.14. The lowest BCUT2D eigenvalue weighted by molar-refractivity contribution is 0.00676. The van der Waals surface area contributed by atoms with Crippen LogP contribution in [-0.2, 0) is 11.3 Å². The molecule has 1 aliphatic heterocycles. The van der Waals surface area contributed by atoms with E-state index in [2.05, 4.69) is 15.0 Å². The van der Waals surface area contributed by atoms with Gasteiger partial charge in [0.15, 0.2) is 6.33 Å². The highest BCUT2D eigenvalue weighted by molar-refractivity contribution is 4.86. The van der Waals surface area contributed by atoms with Gasteiger partial charge in [-0.15, -0.1) is 0 Å². The Bertz CT molecular complexity index is 304. The summed E-state index contributed by atoms with van der Waals surface area (Å²) in [6.45, 7) is 2.27. The Kier molecular flexibility index (Phi) is 3.87. The molecule has 2 N–H and O–H groups in total. The second kappa shape index (κ2) is 5.38. The molecular formula is C10H18N4O2. The minimum atomic E-state index is 0.326. The molecular weight excluding hydrogens is 208 g/mol. The zero-order valence-electron chi connectivity index (χ0n) is 9.50. The van der Waals surface area contributed by atoms with Crippen molar-refractivity contribution >= 4 is 0 Å². The zero-order chi connectivity index (χ0) is 11.4. The van der Waals surface area contributed by atoms with Crippen LogP contribution in [0.5, 0.6) is 0 Å². The monoisotopic (exact) mass is 226 g/mol. The van der Waals surface area contributed by atoms with Gasteiger partial charge in [-0.3, -0.25) is 4.90 Å². The maximum Gasteiger partial charge on any atom is 0.240 e. The van der Waals surface area contributed by atoms with Crippen molar-refractivity contribution < 1.29 is 9.26 Å². The Morgan fingerprint density at radius 1 is 1.69 bits per heavy atom. The van der Waals surface area contributed by atoms with Gasteiger partial charge in [-0.1, -0.05) is 5.16 Å². The van der Waals surface area contributed by atoms with E-state index in [1.807, 2.05) is 0 Å². The summed E-state index contributed by atoms with van der Waals surface area (Å²) in [5.74, 6) is 0.648. The standard InChI is InChI=1S/C10H18N4O2/c1-15-9-2-3-14(8(4-9)5-11)6-10-12-7-13-16-10/h7-9H,2-6,11H2,1H3. The van der Waals surface area contributed by atoms with Crippen LogP contribution in [0, 0.1) is 0 Å². The largest absolute Gasteiger partial charge is 0.381 e. The Morgan fingerprint density at radius 2 is 2.56 bits per heavy atom. The predicted octanol–water partition coefficient (Wildman–Crippen LogP) is 0.00770. The van der Waals surface area contributed by atoms with Gasteiger partial charge >= 0.3 is 0 Å². The van der Waals surface area contributed by atoms with Gasteiger partial charge in [0.25, 0.3) is 0 Å². The number of likely N-dealkylation sites (tertiary alicyclic amines) is 1. The van der Waals surface area contributed by atoms with Crippen molar-refractivity contribution in [3.63, 3.8) is 0 Å². The van der Waals surface area contributed by atoms with E-state index in [0.29, 0.717) is 31.1 Å². The average Bonchev–Trinajstić information content (AvgIpc) is 2.82. The minimum Gasteiger partial charge on any atom is -0.381 e. The van der Waals surface area contributed by atoms with Gasteiger partial charge in [-0.25, -0.2) is 0 Å². The van der Waals surface area contributed by atoms with Crippen molar-refractivity contribution in [2.45, 2.75) is 31.5 Å². The number of nitrogens with two attached hydrogens (primary N) is 1. The lowest BCUT2D eigenvalue weighted by atomic mass is 9.99. The Balaban J connectivity index is 1.93. The van der Waals surface area contributed by atoms with Crippen LogP contribution < -0.4 is 5.73 Å². The first kappa shape index (κ1) is 11.5. The number of hydrogen-bond acceptors (Lipinski definition) is 6. The predicted molar refractivity (Wildman–Crippen MR) is 57.6 cm³/mol. The fraction of sp³-hybridized carbons (Fsp3) is 0.800. The van der Waals surface area contributed by atoms with Crippen molar-refractivity contribution in [1.29, 1.82) is 0 Å². The van der Waals surface area contributed by atoms with Crippen molar-refractivity contribution in [3.8, 4) is 0 Å². The zero-order valence-corrected chi connectivity index (χ0v) is 9.50. The van der Waals surface area contributed by atoms with Gasteiger partial charge in [0.1, 0.15) is 0 Å². The highest BCUT2D eigenvalue weighted by Crippen LogP contribution is 2.20. The van der Waals surface area contributed by atoms with Crippen molar-refractivity contribution in [2.24, 2.45) is 5.73 Å². The van der Waals surface area contributed by atoms with Crippen LogP contribution in [0.2, 0.25) is 0 Å². The third-order valence-electron chi connectivity index (χ3n) is 3.14. The summed E-state index contributed by atoms with van der Waals surface area (Å²) in [5, 5.41) is 3.60. The third kappa shape index (κ3) is 2.58. The summed E-state index contributed by atoms with van der Waals surface area (Å²) >= 11 is 0. The molecule has 90 valence electrons. The fourth-order valence-corrected chi connectivity index (χ4v) is 2.17. The lowest BCUT2D eigenvalue weighted by Gasteiger charge is -2.37. The molecule has 1 fully saturated rings. The van der Waals surface area contributed by atoms with E-state index in [0.717, 1.165) is 19.4 Å². The van der Waals surface area contributed by atoms with E-state index in [1.54, 1.807) is 7.11 Å². The number of hydrogen-bond donors (Lipinski definition) is 1. The lowest BCUT2D eigenvalue weighted by Crippen LogP contribution is -2.48. The molecule has 0 aromatic carbocycles. The van der Waals surface area contributed by atoms with Gasteiger partial charge in [0.2, 0.25) is 5.89 Å². The van der Waals surface area contributed by atoms with E-state index < -0.39 is 0 Å². The maximum absolute atomic E-state index is 5.78. The molecule has 1 aromatic heterocycles. The summed E-state index contributed by atoms with van der Waals surface area (Å²) in [6.07, 6.45) is 3.75. The quantitative estimate of drug-likeness (QED) is 0.779. The van der Waals surface area contributed by atoms with Crippen LogP contribution >= 0.6 is 0 Å². The summed E-state index contributed by atoms with van der Waals surface area (Å²) in [6, 6.07) is 0.339. The number of methoxy groups -OCH3 is 1. The van der Waals surface area contributed by atoms with Crippen molar-refractivity contribution in [2.75, 3.05) is 20.2 Å². The van der Waals surface area contributed by atoms with Crippen molar-refractivity contribution in [3.05, 3.63) is 12.2 Å². The Labute approximate surface area is 94.7 Å². The second-order valence-electron chi connectivity index (χ2n) is 4.08. The van der Waals surface area contributed by atoms with Gasteiger partial charge < -0.3 is 15.0 Å².